The number of nitrogens with one attached hydrogen (secondary N) is 1. The Hall–Kier alpha value is -0.120. The Labute approximate surface area is 81.1 Å². The maximum atomic E-state index is 3.41. The summed E-state index contributed by atoms with van der Waals surface area (Å²) in [6.45, 7) is 11.0. The summed E-state index contributed by atoms with van der Waals surface area (Å²) in [5, 5.41) is 3.41. The topological polar surface area (TPSA) is 18.5 Å². The third kappa shape index (κ3) is 2.22. The van der Waals surface area contributed by atoms with Gasteiger partial charge in [-0.1, -0.05) is 6.92 Å². The molecule has 0 unspecified atom stereocenters. The summed E-state index contributed by atoms with van der Waals surface area (Å²) in [5.74, 6) is 0. The molecule has 0 radical (unpaired) electrons. The van der Waals surface area contributed by atoms with Crippen LogP contribution in [0.4, 0.5) is 0 Å². The molecule has 1 atom stereocenters. The molecular formula is C10H21N3. The molecule has 0 aromatic carbocycles. The van der Waals surface area contributed by atoms with Gasteiger partial charge in [0, 0.05) is 38.8 Å². The Morgan fingerprint density at radius 1 is 1.23 bits per heavy atom. The van der Waals surface area contributed by atoms with Crippen molar-refractivity contribution in [1.82, 2.24) is 15.1 Å². The first-order valence-corrected chi connectivity index (χ1v) is 5.57. The molecule has 2 saturated heterocycles. The van der Waals surface area contributed by atoms with Crippen molar-refractivity contribution in [3.05, 3.63) is 0 Å². The third-order valence-corrected chi connectivity index (χ3v) is 3.36. The van der Waals surface area contributed by atoms with Crippen molar-refractivity contribution in [1.29, 1.82) is 0 Å². The van der Waals surface area contributed by atoms with Gasteiger partial charge < -0.3 is 10.2 Å². The largest absolute Gasteiger partial charge is 0.314 e. The van der Waals surface area contributed by atoms with Gasteiger partial charge in [0.05, 0.1) is 0 Å². The molecule has 0 bridgehead atoms. The SMILES string of the molecule is CCN1CC[C@@H](N2CCNCC2)C1. The summed E-state index contributed by atoms with van der Waals surface area (Å²) in [5.41, 5.74) is 0. The van der Waals surface area contributed by atoms with Crippen LogP contribution in [0, 0.1) is 0 Å². The predicted octanol–water partition coefficient (Wildman–Crippen LogP) is -0.0142. The first kappa shape index (κ1) is 9.44. The van der Waals surface area contributed by atoms with Crippen LogP contribution in [0.5, 0.6) is 0 Å². The lowest BCUT2D eigenvalue weighted by atomic mass is 10.2. The fraction of sp³-hybridized carbons (Fsp3) is 1.00. The van der Waals surface area contributed by atoms with Crippen molar-refractivity contribution >= 4 is 0 Å². The Morgan fingerprint density at radius 2 is 2.00 bits per heavy atom. The molecule has 0 aliphatic carbocycles. The molecule has 2 aliphatic heterocycles. The molecule has 0 saturated carbocycles. The second-order valence-corrected chi connectivity index (χ2v) is 4.12. The minimum Gasteiger partial charge on any atom is -0.314 e. The van der Waals surface area contributed by atoms with E-state index in [0.717, 1.165) is 6.04 Å². The van der Waals surface area contributed by atoms with E-state index >= 15 is 0 Å². The number of hydrogen-bond donors (Lipinski definition) is 1. The molecule has 3 nitrogen and oxygen atoms in total. The summed E-state index contributed by atoms with van der Waals surface area (Å²) in [7, 11) is 0. The molecule has 0 aromatic rings. The Bertz CT molecular complexity index is 154. The van der Waals surface area contributed by atoms with Crippen LogP contribution in [0.1, 0.15) is 13.3 Å². The van der Waals surface area contributed by atoms with Crippen LogP contribution < -0.4 is 5.32 Å². The number of rotatable bonds is 2. The normalized spacial score (nSPS) is 32.5. The van der Waals surface area contributed by atoms with E-state index in [-0.39, 0.29) is 0 Å². The van der Waals surface area contributed by atoms with E-state index in [4.69, 9.17) is 0 Å². The molecule has 2 rings (SSSR count). The van der Waals surface area contributed by atoms with Gasteiger partial charge in [-0.05, 0) is 19.5 Å². The molecule has 76 valence electrons. The second kappa shape index (κ2) is 4.40. The zero-order valence-corrected chi connectivity index (χ0v) is 8.63. The van der Waals surface area contributed by atoms with E-state index in [2.05, 4.69) is 22.0 Å². The standard InChI is InChI=1S/C10H21N3/c1-2-12-6-3-10(9-12)13-7-4-11-5-8-13/h10-11H,2-9H2,1H3/t10-/m1/s1. The number of nitrogens with zero attached hydrogens (tertiary/aromatic N) is 2. The number of likely N-dealkylation sites (tertiary alicyclic amines) is 1. The van der Waals surface area contributed by atoms with Crippen LogP contribution in [-0.4, -0.2) is 61.7 Å². The lowest BCUT2D eigenvalue weighted by molar-refractivity contribution is 0.172. The number of likely N-dealkylation sites (N-methyl/N-ethyl adjacent to an activating group) is 1. The quantitative estimate of drug-likeness (QED) is 0.649. The molecule has 0 aromatic heterocycles. The number of piperazine rings is 1. The molecule has 1 N–H and O–H groups in total. The van der Waals surface area contributed by atoms with Crippen LogP contribution in [0.3, 0.4) is 0 Å². The lowest BCUT2D eigenvalue weighted by Crippen LogP contribution is -2.49. The van der Waals surface area contributed by atoms with Gasteiger partial charge >= 0.3 is 0 Å². The van der Waals surface area contributed by atoms with Crippen molar-refractivity contribution in [2.45, 2.75) is 19.4 Å². The van der Waals surface area contributed by atoms with E-state index in [0.29, 0.717) is 0 Å². The smallest absolute Gasteiger partial charge is 0.0236 e. The Kier molecular flexibility index (Phi) is 3.19. The predicted molar refractivity (Wildman–Crippen MR) is 55.0 cm³/mol. The highest BCUT2D eigenvalue weighted by atomic mass is 15.3. The lowest BCUT2D eigenvalue weighted by Gasteiger charge is -2.32. The van der Waals surface area contributed by atoms with E-state index in [1.54, 1.807) is 0 Å². The summed E-state index contributed by atoms with van der Waals surface area (Å²) in [4.78, 5) is 5.22. The molecule has 2 fully saturated rings. The van der Waals surface area contributed by atoms with Crippen molar-refractivity contribution in [2.75, 3.05) is 45.8 Å². The van der Waals surface area contributed by atoms with Crippen LogP contribution in [0.2, 0.25) is 0 Å². The van der Waals surface area contributed by atoms with Crippen molar-refractivity contribution in [3.8, 4) is 0 Å². The van der Waals surface area contributed by atoms with Gasteiger partial charge in [-0.25, -0.2) is 0 Å². The van der Waals surface area contributed by atoms with Crippen LogP contribution >= 0.6 is 0 Å². The molecule has 2 heterocycles. The van der Waals surface area contributed by atoms with Crippen molar-refractivity contribution in [2.24, 2.45) is 0 Å². The van der Waals surface area contributed by atoms with Crippen LogP contribution in [-0.2, 0) is 0 Å². The number of hydrogen-bond acceptors (Lipinski definition) is 3. The molecule has 0 spiro atoms. The highest BCUT2D eigenvalue weighted by Crippen LogP contribution is 2.15. The summed E-state index contributed by atoms with van der Waals surface area (Å²) < 4.78 is 0. The van der Waals surface area contributed by atoms with E-state index in [1.165, 1.54) is 52.2 Å². The van der Waals surface area contributed by atoms with Gasteiger partial charge in [0.2, 0.25) is 0 Å². The summed E-state index contributed by atoms with van der Waals surface area (Å²) in [6.07, 6.45) is 1.38. The molecule has 0 amide bonds. The highest BCUT2D eigenvalue weighted by molar-refractivity contribution is 4.84. The second-order valence-electron chi connectivity index (χ2n) is 4.12. The maximum absolute atomic E-state index is 3.41. The maximum Gasteiger partial charge on any atom is 0.0236 e. The fourth-order valence-electron chi connectivity index (χ4n) is 2.44. The van der Waals surface area contributed by atoms with Gasteiger partial charge in [0.25, 0.3) is 0 Å². The van der Waals surface area contributed by atoms with Gasteiger partial charge in [-0.2, -0.15) is 0 Å². The van der Waals surface area contributed by atoms with Crippen molar-refractivity contribution < 1.29 is 0 Å². The average molecular weight is 183 g/mol. The van der Waals surface area contributed by atoms with E-state index < -0.39 is 0 Å². The monoisotopic (exact) mass is 183 g/mol. The first-order chi connectivity index (χ1) is 6.40. The third-order valence-electron chi connectivity index (χ3n) is 3.36. The van der Waals surface area contributed by atoms with Gasteiger partial charge in [-0.15, -0.1) is 0 Å². The molecule has 2 aliphatic rings. The van der Waals surface area contributed by atoms with E-state index in [9.17, 15) is 0 Å². The van der Waals surface area contributed by atoms with Crippen molar-refractivity contribution in [3.63, 3.8) is 0 Å². The van der Waals surface area contributed by atoms with Crippen LogP contribution in [0.15, 0.2) is 0 Å². The minimum atomic E-state index is 0.849. The molecule has 3 heteroatoms. The fourth-order valence-corrected chi connectivity index (χ4v) is 2.44. The highest BCUT2D eigenvalue weighted by Gasteiger charge is 2.27. The van der Waals surface area contributed by atoms with Gasteiger partial charge in [-0.3, -0.25) is 4.90 Å². The van der Waals surface area contributed by atoms with Gasteiger partial charge in [0.15, 0.2) is 0 Å². The molecular weight excluding hydrogens is 162 g/mol. The van der Waals surface area contributed by atoms with E-state index in [1.807, 2.05) is 0 Å². The zero-order valence-electron chi connectivity index (χ0n) is 8.63. The zero-order chi connectivity index (χ0) is 9.10. The van der Waals surface area contributed by atoms with Gasteiger partial charge in [0.1, 0.15) is 0 Å². The minimum absolute atomic E-state index is 0.849. The summed E-state index contributed by atoms with van der Waals surface area (Å²) >= 11 is 0. The summed E-state index contributed by atoms with van der Waals surface area (Å²) in [6, 6.07) is 0.849. The first-order valence-electron chi connectivity index (χ1n) is 5.57. The molecule has 13 heavy (non-hydrogen) atoms. The van der Waals surface area contributed by atoms with Crippen LogP contribution in [0.25, 0.3) is 0 Å². The average Bonchev–Trinajstić information content (AvgIpc) is 2.67. The Balaban J connectivity index is 1.80. The Morgan fingerprint density at radius 3 is 2.62 bits per heavy atom.